The average Bonchev–Trinajstić information content (AvgIpc) is 3.18. The van der Waals surface area contributed by atoms with Crippen LogP contribution < -0.4 is 5.32 Å². The van der Waals surface area contributed by atoms with Crippen LogP contribution in [0.1, 0.15) is 10.6 Å². The summed E-state index contributed by atoms with van der Waals surface area (Å²) in [5.74, 6) is -0.920. The summed E-state index contributed by atoms with van der Waals surface area (Å²) in [5.41, 5.74) is 0.969. The summed E-state index contributed by atoms with van der Waals surface area (Å²) in [6.45, 7) is -0.142. The summed E-state index contributed by atoms with van der Waals surface area (Å²) < 4.78 is 19.4. The number of hydrogen-bond acceptors (Lipinski definition) is 4. The molecule has 1 N–H and O–H groups in total. The third-order valence-corrected chi connectivity index (χ3v) is 4.86. The van der Waals surface area contributed by atoms with E-state index in [0.29, 0.717) is 5.69 Å². The van der Waals surface area contributed by atoms with E-state index < -0.39 is 11.7 Å². The van der Waals surface area contributed by atoms with Gasteiger partial charge in [-0.1, -0.05) is 24.3 Å². The number of benzene rings is 2. The second-order valence-electron chi connectivity index (χ2n) is 6.05. The molecule has 0 aliphatic carbocycles. The predicted molar refractivity (Wildman–Crippen MR) is 108 cm³/mol. The first-order valence-electron chi connectivity index (χ1n) is 8.52. The molecule has 0 radical (unpaired) electrons. The minimum atomic E-state index is -0.462. The molecule has 0 aliphatic heterocycles. The fourth-order valence-electron chi connectivity index (χ4n) is 2.67. The van der Waals surface area contributed by atoms with Crippen molar-refractivity contribution in [2.45, 2.75) is 4.90 Å². The molecular formula is C21H19FN2O3S. The fourth-order valence-corrected chi connectivity index (χ4v) is 3.23. The van der Waals surface area contributed by atoms with Crippen LogP contribution in [0.15, 0.2) is 70.0 Å². The first kappa shape index (κ1) is 19.7. The molecule has 2 amide bonds. The van der Waals surface area contributed by atoms with E-state index in [2.05, 4.69) is 5.32 Å². The minimum Gasteiger partial charge on any atom is -0.451 e. The molecule has 0 atom stereocenters. The Labute approximate surface area is 166 Å². The van der Waals surface area contributed by atoms with Crippen molar-refractivity contribution >= 4 is 29.3 Å². The van der Waals surface area contributed by atoms with Crippen LogP contribution in [-0.2, 0) is 4.79 Å². The minimum absolute atomic E-state index is 0.0399. The van der Waals surface area contributed by atoms with Crippen molar-refractivity contribution < 1.29 is 18.4 Å². The molecule has 0 saturated carbocycles. The van der Waals surface area contributed by atoms with E-state index in [4.69, 9.17) is 4.42 Å². The molecule has 2 aromatic carbocycles. The zero-order valence-corrected chi connectivity index (χ0v) is 16.3. The van der Waals surface area contributed by atoms with E-state index >= 15 is 0 Å². The van der Waals surface area contributed by atoms with Crippen molar-refractivity contribution in [3.05, 3.63) is 72.2 Å². The van der Waals surface area contributed by atoms with Gasteiger partial charge in [-0.3, -0.25) is 9.59 Å². The number of para-hydroxylation sites is 1. The van der Waals surface area contributed by atoms with Gasteiger partial charge in [0, 0.05) is 11.9 Å². The second-order valence-corrected chi connectivity index (χ2v) is 6.90. The summed E-state index contributed by atoms with van der Waals surface area (Å²) in [7, 11) is 1.51. The van der Waals surface area contributed by atoms with Crippen molar-refractivity contribution in [1.82, 2.24) is 4.90 Å². The monoisotopic (exact) mass is 398 g/mol. The molecule has 3 aromatic rings. The van der Waals surface area contributed by atoms with Crippen LogP contribution in [0.4, 0.5) is 10.1 Å². The Morgan fingerprint density at radius 2 is 1.79 bits per heavy atom. The number of likely N-dealkylation sites (N-methyl/N-ethyl adjacent to an activating group) is 1. The zero-order chi connectivity index (χ0) is 20.1. The van der Waals surface area contributed by atoms with Crippen LogP contribution in [0.25, 0.3) is 11.3 Å². The van der Waals surface area contributed by atoms with Crippen molar-refractivity contribution in [3.8, 4) is 11.3 Å². The lowest BCUT2D eigenvalue weighted by atomic mass is 10.1. The van der Waals surface area contributed by atoms with Crippen molar-refractivity contribution in [1.29, 1.82) is 0 Å². The quantitative estimate of drug-likeness (QED) is 0.620. The summed E-state index contributed by atoms with van der Waals surface area (Å²) in [6.07, 6.45) is 1.92. The number of nitrogens with one attached hydrogen (secondary N) is 1. The van der Waals surface area contributed by atoms with Gasteiger partial charge in [-0.15, -0.1) is 11.8 Å². The Hall–Kier alpha value is -3.06. The molecule has 5 nitrogen and oxygen atoms in total. The molecule has 3 rings (SSSR count). The Morgan fingerprint density at radius 1 is 1.07 bits per heavy atom. The standard InChI is InChI=1S/C21H19FN2O3S/c1-24(13-20(25)23-16-9-5-6-10-19(16)28-2)21(26)18-12-11-17(27-18)14-7-3-4-8-15(14)22/h3-12H,13H2,1-2H3,(H,23,25). The van der Waals surface area contributed by atoms with Gasteiger partial charge in [0.05, 0.1) is 17.8 Å². The number of furan rings is 1. The number of anilines is 1. The van der Waals surface area contributed by atoms with E-state index in [0.717, 1.165) is 4.90 Å². The van der Waals surface area contributed by atoms with Gasteiger partial charge in [-0.25, -0.2) is 4.39 Å². The largest absolute Gasteiger partial charge is 0.451 e. The van der Waals surface area contributed by atoms with E-state index in [1.54, 1.807) is 24.3 Å². The number of rotatable bonds is 6. The highest BCUT2D eigenvalue weighted by molar-refractivity contribution is 7.98. The van der Waals surface area contributed by atoms with Gasteiger partial charge in [0.15, 0.2) is 5.76 Å². The SMILES string of the molecule is CSc1ccccc1NC(=O)CN(C)C(=O)c1ccc(-c2ccccc2F)o1. The Kier molecular flexibility index (Phi) is 6.16. The van der Waals surface area contributed by atoms with Crippen LogP contribution in [0.2, 0.25) is 0 Å². The first-order valence-corrected chi connectivity index (χ1v) is 9.75. The third kappa shape index (κ3) is 4.43. The zero-order valence-electron chi connectivity index (χ0n) is 15.4. The third-order valence-electron chi connectivity index (χ3n) is 4.06. The topological polar surface area (TPSA) is 62.6 Å². The number of thioether (sulfide) groups is 1. The molecule has 7 heteroatoms. The Morgan fingerprint density at radius 3 is 2.54 bits per heavy atom. The van der Waals surface area contributed by atoms with Crippen LogP contribution in [-0.4, -0.2) is 36.6 Å². The maximum Gasteiger partial charge on any atom is 0.289 e. The summed E-state index contributed by atoms with van der Waals surface area (Å²) in [6, 6.07) is 16.6. The predicted octanol–water partition coefficient (Wildman–Crippen LogP) is 4.52. The maximum atomic E-state index is 13.9. The lowest BCUT2D eigenvalue weighted by Gasteiger charge is -2.16. The second kappa shape index (κ2) is 8.75. The van der Waals surface area contributed by atoms with Gasteiger partial charge < -0.3 is 14.6 Å². The molecule has 0 aliphatic rings. The lowest BCUT2D eigenvalue weighted by Crippen LogP contribution is -2.34. The smallest absolute Gasteiger partial charge is 0.289 e. The molecule has 0 saturated heterocycles. The number of carbonyl (C=O) groups excluding carboxylic acids is 2. The van der Waals surface area contributed by atoms with Gasteiger partial charge in [0.1, 0.15) is 11.6 Å². The fraction of sp³-hybridized carbons (Fsp3) is 0.143. The van der Waals surface area contributed by atoms with Crippen LogP contribution >= 0.6 is 11.8 Å². The highest BCUT2D eigenvalue weighted by atomic mass is 32.2. The van der Waals surface area contributed by atoms with Crippen molar-refractivity contribution in [2.75, 3.05) is 25.2 Å². The van der Waals surface area contributed by atoms with Crippen molar-refractivity contribution in [3.63, 3.8) is 0 Å². The molecule has 0 spiro atoms. The van der Waals surface area contributed by atoms with Gasteiger partial charge in [0.2, 0.25) is 5.91 Å². The number of amides is 2. The molecule has 0 bridgehead atoms. The van der Waals surface area contributed by atoms with Gasteiger partial charge in [-0.2, -0.15) is 0 Å². The Balaban J connectivity index is 1.66. The van der Waals surface area contributed by atoms with E-state index in [1.807, 2.05) is 24.5 Å². The van der Waals surface area contributed by atoms with Crippen LogP contribution in [0.5, 0.6) is 0 Å². The van der Waals surface area contributed by atoms with E-state index in [1.165, 1.54) is 41.9 Å². The van der Waals surface area contributed by atoms with Gasteiger partial charge >= 0.3 is 0 Å². The van der Waals surface area contributed by atoms with Gasteiger partial charge in [-0.05, 0) is 42.7 Å². The summed E-state index contributed by atoms with van der Waals surface area (Å²) in [4.78, 5) is 27.0. The van der Waals surface area contributed by atoms with Crippen molar-refractivity contribution in [2.24, 2.45) is 0 Å². The summed E-state index contributed by atoms with van der Waals surface area (Å²) >= 11 is 1.52. The lowest BCUT2D eigenvalue weighted by molar-refractivity contribution is -0.116. The number of nitrogens with zero attached hydrogens (tertiary/aromatic N) is 1. The van der Waals surface area contributed by atoms with Crippen LogP contribution in [0, 0.1) is 5.82 Å². The molecule has 0 fully saturated rings. The highest BCUT2D eigenvalue weighted by Gasteiger charge is 2.20. The average molecular weight is 398 g/mol. The molecule has 1 heterocycles. The molecule has 1 aromatic heterocycles. The van der Waals surface area contributed by atoms with E-state index in [-0.39, 0.29) is 29.5 Å². The van der Waals surface area contributed by atoms with E-state index in [9.17, 15) is 14.0 Å². The molecule has 0 unspecified atom stereocenters. The Bertz CT molecular complexity index is 1000. The maximum absolute atomic E-state index is 13.9. The van der Waals surface area contributed by atoms with Crippen LogP contribution in [0.3, 0.4) is 0 Å². The highest BCUT2D eigenvalue weighted by Crippen LogP contribution is 2.26. The first-order chi connectivity index (χ1) is 13.5. The normalized spacial score (nSPS) is 10.5. The summed E-state index contributed by atoms with van der Waals surface area (Å²) in [5, 5.41) is 2.80. The molecule has 28 heavy (non-hydrogen) atoms. The molecule has 144 valence electrons. The van der Waals surface area contributed by atoms with Gasteiger partial charge in [0.25, 0.3) is 5.91 Å². The number of halogens is 1. The molecular weight excluding hydrogens is 379 g/mol. The number of carbonyl (C=O) groups is 2. The number of hydrogen-bond donors (Lipinski definition) is 1.